The molecule has 0 aliphatic heterocycles. The van der Waals surface area contributed by atoms with Crippen LogP contribution in [0.5, 0.6) is 0 Å². The largest absolute Gasteiger partial charge is 0.481 e. The minimum Gasteiger partial charge on any atom is -0.481 e. The molecule has 0 bridgehead atoms. The predicted molar refractivity (Wildman–Crippen MR) is 149 cm³/mol. The Labute approximate surface area is 224 Å². The molecule has 210 valence electrons. The van der Waals surface area contributed by atoms with Gasteiger partial charge in [-0.3, -0.25) is 4.79 Å². The summed E-state index contributed by atoms with van der Waals surface area (Å²) in [5, 5.41) is 42.0. The quantitative estimate of drug-likeness (QED) is 0.249. The van der Waals surface area contributed by atoms with Crippen molar-refractivity contribution in [3.05, 3.63) is 35.4 Å². The maximum Gasteiger partial charge on any atom is 0.309 e. The van der Waals surface area contributed by atoms with Crippen molar-refractivity contribution >= 4 is 5.97 Å². The van der Waals surface area contributed by atoms with Crippen LogP contribution in [0.15, 0.2) is 24.3 Å². The van der Waals surface area contributed by atoms with Crippen molar-refractivity contribution in [2.75, 3.05) is 6.61 Å². The number of benzene rings is 1. The van der Waals surface area contributed by atoms with Gasteiger partial charge >= 0.3 is 5.97 Å². The lowest BCUT2D eigenvalue weighted by molar-refractivity contribution is -0.147. The van der Waals surface area contributed by atoms with Crippen molar-refractivity contribution < 1.29 is 25.2 Å². The summed E-state index contributed by atoms with van der Waals surface area (Å²) in [5.74, 6) is -0.117. The van der Waals surface area contributed by atoms with Crippen LogP contribution in [0.3, 0.4) is 0 Å². The van der Waals surface area contributed by atoms with Gasteiger partial charge in [-0.1, -0.05) is 63.8 Å². The third-order valence-corrected chi connectivity index (χ3v) is 9.58. The summed E-state index contributed by atoms with van der Waals surface area (Å²) in [6.07, 6.45) is 10.6. The fourth-order valence-corrected chi connectivity index (χ4v) is 6.87. The van der Waals surface area contributed by atoms with Crippen LogP contribution in [0, 0.1) is 22.7 Å². The molecule has 5 nitrogen and oxygen atoms in total. The fraction of sp³-hybridized carbons (Fsp3) is 0.781. The van der Waals surface area contributed by atoms with Gasteiger partial charge in [-0.05, 0) is 93.6 Å². The number of aliphatic carboxylic acids is 1. The highest BCUT2D eigenvalue weighted by atomic mass is 16.4. The molecule has 0 radical (unpaired) electrons. The van der Waals surface area contributed by atoms with E-state index in [0.717, 1.165) is 70.6 Å². The van der Waals surface area contributed by atoms with Crippen LogP contribution < -0.4 is 0 Å². The van der Waals surface area contributed by atoms with E-state index in [0.29, 0.717) is 6.42 Å². The van der Waals surface area contributed by atoms with E-state index in [1.54, 1.807) is 13.8 Å². The minimum atomic E-state index is -0.759. The Kier molecular flexibility index (Phi) is 10.6. The van der Waals surface area contributed by atoms with Crippen LogP contribution in [0.1, 0.15) is 128 Å². The summed E-state index contributed by atoms with van der Waals surface area (Å²) in [4.78, 5) is 11.5. The van der Waals surface area contributed by atoms with E-state index in [2.05, 4.69) is 38.1 Å². The molecule has 1 aromatic rings. The monoisotopic (exact) mass is 516 g/mol. The van der Waals surface area contributed by atoms with Gasteiger partial charge in [0.25, 0.3) is 0 Å². The van der Waals surface area contributed by atoms with Crippen molar-refractivity contribution in [3.8, 4) is 0 Å². The highest BCUT2D eigenvalue weighted by molar-refractivity contribution is 5.73. The average Bonchev–Trinajstić information content (AvgIpc) is 2.86. The van der Waals surface area contributed by atoms with E-state index in [9.17, 15) is 25.2 Å². The molecule has 0 heterocycles. The first kappa shape index (κ1) is 30.1. The van der Waals surface area contributed by atoms with Gasteiger partial charge in [0.2, 0.25) is 0 Å². The first-order valence-electron chi connectivity index (χ1n) is 14.8. The predicted octanol–water partition coefficient (Wildman–Crippen LogP) is 6.65. The lowest BCUT2D eigenvalue weighted by Crippen LogP contribution is -2.35. The second-order valence-corrected chi connectivity index (χ2v) is 13.5. The third-order valence-electron chi connectivity index (χ3n) is 9.58. The Bertz CT molecular complexity index is 862. The number of hydrogen-bond donors (Lipinski definition) is 4. The van der Waals surface area contributed by atoms with Gasteiger partial charge in [-0.25, -0.2) is 0 Å². The lowest BCUT2D eigenvalue weighted by atomic mass is 9.68. The highest BCUT2D eigenvalue weighted by Gasteiger charge is 2.38. The Morgan fingerprint density at radius 1 is 0.811 bits per heavy atom. The van der Waals surface area contributed by atoms with Gasteiger partial charge < -0.3 is 20.4 Å². The number of aliphatic hydroxyl groups is 3. The molecule has 4 N–H and O–H groups in total. The van der Waals surface area contributed by atoms with Crippen molar-refractivity contribution in [1.82, 2.24) is 0 Å². The van der Waals surface area contributed by atoms with Gasteiger partial charge in [0.05, 0.1) is 17.6 Å². The molecule has 6 atom stereocenters. The molecule has 0 amide bonds. The summed E-state index contributed by atoms with van der Waals surface area (Å²) in [5.41, 5.74) is 1.62. The molecule has 2 aliphatic carbocycles. The van der Waals surface area contributed by atoms with Crippen LogP contribution in [0.4, 0.5) is 0 Å². The number of rotatable bonds is 12. The van der Waals surface area contributed by atoms with E-state index in [1.165, 1.54) is 11.1 Å². The molecule has 0 aromatic heterocycles. The molecule has 3 rings (SSSR count). The van der Waals surface area contributed by atoms with Crippen molar-refractivity contribution in [1.29, 1.82) is 0 Å². The smallest absolute Gasteiger partial charge is 0.309 e. The van der Waals surface area contributed by atoms with Crippen LogP contribution in [0.2, 0.25) is 0 Å². The zero-order chi connectivity index (χ0) is 27.2. The molecule has 5 heteroatoms. The molecule has 37 heavy (non-hydrogen) atoms. The maximum absolute atomic E-state index is 11.5. The average molecular weight is 517 g/mol. The summed E-state index contributed by atoms with van der Waals surface area (Å²) in [6.45, 7) is 7.94. The highest BCUT2D eigenvalue weighted by Crippen LogP contribution is 2.45. The van der Waals surface area contributed by atoms with Gasteiger partial charge in [0.15, 0.2) is 0 Å². The van der Waals surface area contributed by atoms with Gasteiger partial charge in [0, 0.05) is 18.4 Å². The maximum atomic E-state index is 11.5. The molecule has 0 spiro atoms. The van der Waals surface area contributed by atoms with Crippen molar-refractivity contribution in [2.45, 2.75) is 129 Å². The van der Waals surface area contributed by atoms with Gasteiger partial charge in [0.1, 0.15) is 0 Å². The summed E-state index contributed by atoms with van der Waals surface area (Å²) < 4.78 is 0. The number of carboxylic acid groups (broad SMARTS) is 1. The number of carboxylic acids is 1. The minimum absolute atomic E-state index is 0.0668. The zero-order valence-corrected chi connectivity index (χ0v) is 23.7. The van der Waals surface area contributed by atoms with E-state index in [-0.39, 0.29) is 41.8 Å². The number of carbonyl (C=O) groups is 1. The second kappa shape index (κ2) is 13.1. The Balaban J connectivity index is 1.68. The van der Waals surface area contributed by atoms with E-state index < -0.39 is 17.5 Å². The first-order valence-corrected chi connectivity index (χ1v) is 14.8. The molecular weight excluding hydrogens is 464 g/mol. The van der Waals surface area contributed by atoms with E-state index in [1.807, 2.05) is 0 Å². The Morgan fingerprint density at radius 3 is 1.70 bits per heavy atom. The Morgan fingerprint density at radius 2 is 1.27 bits per heavy atom. The van der Waals surface area contributed by atoms with Crippen LogP contribution in [0.25, 0.3) is 0 Å². The number of hydrogen-bond acceptors (Lipinski definition) is 4. The normalized spacial score (nSPS) is 29.3. The fourth-order valence-electron chi connectivity index (χ4n) is 6.87. The van der Waals surface area contributed by atoms with Gasteiger partial charge in [-0.2, -0.15) is 0 Å². The summed E-state index contributed by atoms with van der Waals surface area (Å²) in [7, 11) is 0. The molecule has 1 aromatic carbocycles. The van der Waals surface area contributed by atoms with Crippen LogP contribution in [-0.4, -0.2) is 45.2 Å². The SMILES string of the molecule is CC(C)(CO)CCCC1CCCC(c2ccccc2C2CCCC(CCCC(C)(C)C(=O)O)C2O)C1O. The first-order chi connectivity index (χ1) is 17.5. The standard InChI is InChI=1S/C32H52O5/c1-31(2,21-33)19-9-13-22-11-7-17-26(28(22)34)24-15-5-6-16-25(24)27-18-8-12-23(29(27)35)14-10-20-32(3,4)30(36)37/h5-6,15-16,22-23,26-29,33-35H,7-14,17-21H2,1-4H3,(H,36,37). The Hall–Kier alpha value is -1.43. The van der Waals surface area contributed by atoms with Crippen molar-refractivity contribution in [3.63, 3.8) is 0 Å². The van der Waals surface area contributed by atoms with E-state index in [4.69, 9.17) is 0 Å². The molecular formula is C32H52O5. The summed E-state index contributed by atoms with van der Waals surface area (Å²) >= 11 is 0. The molecule has 2 saturated carbocycles. The third kappa shape index (κ3) is 7.80. The topological polar surface area (TPSA) is 98.0 Å². The zero-order valence-electron chi connectivity index (χ0n) is 23.7. The van der Waals surface area contributed by atoms with Crippen molar-refractivity contribution in [2.24, 2.45) is 22.7 Å². The van der Waals surface area contributed by atoms with Crippen LogP contribution >= 0.6 is 0 Å². The summed E-state index contributed by atoms with van der Waals surface area (Å²) in [6, 6.07) is 8.47. The van der Waals surface area contributed by atoms with Crippen LogP contribution in [-0.2, 0) is 4.79 Å². The second-order valence-electron chi connectivity index (χ2n) is 13.5. The lowest BCUT2D eigenvalue weighted by Gasteiger charge is -2.40. The molecule has 0 saturated heterocycles. The van der Waals surface area contributed by atoms with Gasteiger partial charge in [-0.15, -0.1) is 0 Å². The molecule has 2 aliphatic rings. The molecule has 6 unspecified atom stereocenters. The molecule has 2 fully saturated rings. The van der Waals surface area contributed by atoms with E-state index >= 15 is 0 Å². The number of aliphatic hydroxyl groups excluding tert-OH is 3.